The zero-order valence-corrected chi connectivity index (χ0v) is 19.8. The molecule has 0 saturated carbocycles. The lowest BCUT2D eigenvalue weighted by atomic mass is 10.1. The Balaban J connectivity index is 1.26. The highest BCUT2D eigenvalue weighted by Crippen LogP contribution is 2.24. The van der Waals surface area contributed by atoms with Gasteiger partial charge in [-0.3, -0.25) is 0 Å². The van der Waals surface area contributed by atoms with E-state index >= 15 is 0 Å². The molecule has 2 N–H and O–H groups in total. The minimum Gasteiger partial charge on any atom is -0.495 e. The first kappa shape index (κ1) is 25.5. The van der Waals surface area contributed by atoms with Gasteiger partial charge in [0.2, 0.25) is 0 Å². The Bertz CT molecular complexity index is 1320. The molecule has 0 aliphatic heterocycles. The second-order valence-electron chi connectivity index (χ2n) is 7.94. The van der Waals surface area contributed by atoms with Gasteiger partial charge in [0, 0.05) is 12.1 Å². The molecule has 0 radical (unpaired) electrons. The number of aryl methyl sites for hydroxylation is 1. The van der Waals surface area contributed by atoms with Gasteiger partial charge in [0.05, 0.1) is 18.5 Å². The van der Waals surface area contributed by atoms with Gasteiger partial charge in [0.1, 0.15) is 17.8 Å². The third kappa shape index (κ3) is 7.23. The van der Waals surface area contributed by atoms with Gasteiger partial charge in [-0.2, -0.15) is 0 Å². The smallest absolute Gasteiger partial charge is 0.495 e. The van der Waals surface area contributed by atoms with E-state index < -0.39 is 6.36 Å². The number of benzene rings is 3. The minimum absolute atomic E-state index is 0.302. The molecule has 0 aliphatic rings. The number of rotatable bonds is 9. The summed E-state index contributed by atoms with van der Waals surface area (Å²) in [5, 5.41) is 10.0. The monoisotopic (exact) mass is 511 g/mol. The average Bonchev–Trinajstić information content (AvgIpc) is 3.37. The molecule has 0 saturated heterocycles. The molecule has 0 unspecified atom stereocenters. The molecule has 0 atom stereocenters. The lowest BCUT2D eigenvalue weighted by Crippen LogP contribution is -2.29. The van der Waals surface area contributed by atoms with E-state index in [1.807, 2.05) is 36.4 Å². The third-order valence-electron chi connectivity index (χ3n) is 5.32. The molecule has 3 aromatic carbocycles. The highest BCUT2D eigenvalue weighted by molar-refractivity contribution is 5.90. The fourth-order valence-corrected chi connectivity index (χ4v) is 3.55. The number of ether oxygens (including phenoxy) is 2. The predicted molar refractivity (Wildman–Crippen MR) is 132 cm³/mol. The quantitative estimate of drug-likeness (QED) is 0.286. The Labute approximate surface area is 211 Å². The molecular formula is C26H24F3N5O3. The Morgan fingerprint density at radius 2 is 1.73 bits per heavy atom. The summed E-state index contributed by atoms with van der Waals surface area (Å²) >= 11 is 0. The first-order valence-electron chi connectivity index (χ1n) is 11.4. The number of anilines is 1. The van der Waals surface area contributed by atoms with E-state index in [0.29, 0.717) is 29.5 Å². The van der Waals surface area contributed by atoms with Crippen molar-refractivity contribution in [3.8, 4) is 28.6 Å². The summed E-state index contributed by atoms with van der Waals surface area (Å²) in [4.78, 5) is 16.4. The Morgan fingerprint density at radius 3 is 2.43 bits per heavy atom. The molecule has 8 nitrogen and oxygen atoms in total. The SMILES string of the molecule is COc1ccccc1NC(=O)NCCCc1ccc(-c2ncn(-c3ccc(OC(F)(F)F)cc3)n2)cc1. The van der Waals surface area contributed by atoms with Crippen molar-refractivity contribution >= 4 is 11.7 Å². The lowest BCUT2D eigenvalue weighted by Gasteiger charge is -2.11. The molecule has 192 valence electrons. The number of nitrogens with one attached hydrogen (secondary N) is 2. The number of urea groups is 1. The summed E-state index contributed by atoms with van der Waals surface area (Å²) in [5.74, 6) is 0.766. The highest BCUT2D eigenvalue weighted by Gasteiger charge is 2.31. The number of para-hydroxylation sites is 2. The van der Waals surface area contributed by atoms with E-state index in [4.69, 9.17) is 4.74 Å². The Hall–Kier alpha value is -4.54. The van der Waals surface area contributed by atoms with E-state index in [-0.39, 0.29) is 11.8 Å². The number of halogens is 3. The fourth-order valence-electron chi connectivity index (χ4n) is 3.55. The molecule has 37 heavy (non-hydrogen) atoms. The van der Waals surface area contributed by atoms with E-state index in [1.165, 1.54) is 35.3 Å². The van der Waals surface area contributed by atoms with Gasteiger partial charge in [-0.1, -0.05) is 36.4 Å². The van der Waals surface area contributed by atoms with Gasteiger partial charge in [0.25, 0.3) is 0 Å². The summed E-state index contributed by atoms with van der Waals surface area (Å²) in [6, 6.07) is 20.0. The standard InChI is InChI=1S/C26H24F3N5O3/c1-36-23-7-3-2-6-22(23)32-25(35)30-16-4-5-18-8-10-19(11-9-18)24-31-17-34(33-24)20-12-14-21(15-13-20)37-26(27,28)29/h2-3,6-15,17H,4-5,16H2,1H3,(H2,30,32,35). The molecule has 11 heteroatoms. The molecular weight excluding hydrogens is 487 g/mol. The van der Waals surface area contributed by atoms with Gasteiger partial charge in [-0.05, 0) is 54.8 Å². The highest BCUT2D eigenvalue weighted by atomic mass is 19.4. The zero-order chi connectivity index (χ0) is 26.3. The van der Waals surface area contributed by atoms with Crippen molar-refractivity contribution in [1.82, 2.24) is 20.1 Å². The van der Waals surface area contributed by atoms with Crippen LogP contribution in [0.2, 0.25) is 0 Å². The fraction of sp³-hybridized carbons (Fsp3) is 0.192. The number of carbonyl (C=O) groups is 1. The summed E-state index contributed by atoms with van der Waals surface area (Å²) in [7, 11) is 1.55. The van der Waals surface area contributed by atoms with Crippen molar-refractivity contribution in [2.45, 2.75) is 19.2 Å². The normalized spacial score (nSPS) is 11.1. The maximum absolute atomic E-state index is 12.3. The van der Waals surface area contributed by atoms with Gasteiger partial charge < -0.3 is 20.1 Å². The second-order valence-corrected chi connectivity index (χ2v) is 7.94. The number of hydrogen-bond acceptors (Lipinski definition) is 5. The Kier molecular flexibility index (Phi) is 7.92. The van der Waals surface area contributed by atoms with Crippen molar-refractivity contribution in [1.29, 1.82) is 0 Å². The largest absolute Gasteiger partial charge is 0.573 e. The number of amides is 2. The number of nitrogens with zero attached hydrogens (tertiary/aromatic N) is 3. The van der Waals surface area contributed by atoms with Crippen LogP contribution in [0.1, 0.15) is 12.0 Å². The molecule has 2 amide bonds. The number of aromatic nitrogens is 3. The molecule has 0 spiro atoms. The summed E-state index contributed by atoms with van der Waals surface area (Å²) < 4.78 is 47.6. The van der Waals surface area contributed by atoms with Crippen LogP contribution in [0.5, 0.6) is 11.5 Å². The van der Waals surface area contributed by atoms with Gasteiger partial charge in [-0.25, -0.2) is 14.5 Å². The Morgan fingerprint density at radius 1 is 1.00 bits per heavy atom. The van der Waals surface area contributed by atoms with Crippen molar-refractivity contribution < 1.29 is 27.4 Å². The second kappa shape index (κ2) is 11.5. The van der Waals surface area contributed by atoms with Crippen molar-refractivity contribution in [2.75, 3.05) is 19.0 Å². The van der Waals surface area contributed by atoms with Gasteiger partial charge in [-0.15, -0.1) is 18.3 Å². The molecule has 0 aliphatic carbocycles. The van der Waals surface area contributed by atoms with Crippen LogP contribution in [-0.2, 0) is 6.42 Å². The summed E-state index contributed by atoms with van der Waals surface area (Å²) in [6.07, 6.45) is -1.73. The number of hydrogen-bond donors (Lipinski definition) is 2. The van der Waals surface area contributed by atoms with Crippen LogP contribution in [0.3, 0.4) is 0 Å². The average molecular weight is 512 g/mol. The van der Waals surface area contributed by atoms with Crippen LogP contribution in [0.15, 0.2) is 79.1 Å². The number of alkyl halides is 3. The van der Waals surface area contributed by atoms with Crippen LogP contribution in [0, 0.1) is 0 Å². The lowest BCUT2D eigenvalue weighted by molar-refractivity contribution is -0.274. The van der Waals surface area contributed by atoms with Crippen LogP contribution < -0.4 is 20.1 Å². The third-order valence-corrected chi connectivity index (χ3v) is 5.32. The predicted octanol–water partition coefficient (Wildman–Crippen LogP) is 5.60. The van der Waals surface area contributed by atoms with Crippen LogP contribution in [0.4, 0.5) is 23.7 Å². The molecule has 4 rings (SSSR count). The van der Waals surface area contributed by atoms with Crippen LogP contribution >= 0.6 is 0 Å². The number of methoxy groups -OCH3 is 1. The van der Waals surface area contributed by atoms with Crippen LogP contribution in [-0.4, -0.2) is 40.8 Å². The first-order valence-corrected chi connectivity index (χ1v) is 11.4. The molecule has 1 heterocycles. The van der Waals surface area contributed by atoms with Crippen LogP contribution in [0.25, 0.3) is 17.1 Å². The van der Waals surface area contributed by atoms with Gasteiger partial charge in [0.15, 0.2) is 5.82 Å². The van der Waals surface area contributed by atoms with E-state index in [2.05, 4.69) is 25.5 Å². The van der Waals surface area contributed by atoms with Crippen molar-refractivity contribution in [3.63, 3.8) is 0 Å². The molecule has 0 fully saturated rings. The van der Waals surface area contributed by atoms with E-state index in [9.17, 15) is 18.0 Å². The molecule has 4 aromatic rings. The maximum Gasteiger partial charge on any atom is 0.573 e. The molecule has 0 bridgehead atoms. The maximum atomic E-state index is 12.3. The van der Waals surface area contributed by atoms with Crippen molar-refractivity contribution in [2.24, 2.45) is 0 Å². The molecule has 1 aromatic heterocycles. The minimum atomic E-state index is -4.74. The number of carbonyl (C=O) groups excluding carboxylic acids is 1. The summed E-state index contributed by atoms with van der Waals surface area (Å²) in [6.45, 7) is 0.501. The first-order chi connectivity index (χ1) is 17.8. The zero-order valence-electron chi connectivity index (χ0n) is 19.8. The van der Waals surface area contributed by atoms with E-state index in [1.54, 1.807) is 19.2 Å². The van der Waals surface area contributed by atoms with Crippen molar-refractivity contribution in [3.05, 3.63) is 84.7 Å². The summed E-state index contributed by atoms with van der Waals surface area (Å²) in [5.41, 5.74) is 3.04. The van der Waals surface area contributed by atoms with E-state index in [0.717, 1.165) is 24.0 Å². The van der Waals surface area contributed by atoms with Gasteiger partial charge >= 0.3 is 12.4 Å². The topological polar surface area (TPSA) is 90.3 Å².